The van der Waals surface area contributed by atoms with Crippen molar-refractivity contribution in [2.75, 3.05) is 6.54 Å². The third kappa shape index (κ3) is 2.42. The number of carbonyl (C=O) groups excluding carboxylic acids is 1. The van der Waals surface area contributed by atoms with E-state index in [9.17, 15) is 4.79 Å². The number of hydrogen-bond acceptors (Lipinski definition) is 3. The molecule has 3 rings (SSSR count). The number of thiophene rings is 1. The van der Waals surface area contributed by atoms with Crippen LogP contribution in [-0.2, 0) is 26.3 Å². The number of hydrogen-bond donors (Lipinski definition) is 1. The highest BCUT2D eigenvalue weighted by Crippen LogP contribution is 2.24. The summed E-state index contributed by atoms with van der Waals surface area (Å²) in [6, 6.07) is 4.13. The van der Waals surface area contributed by atoms with Crippen molar-refractivity contribution in [3.8, 4) is 0 Å². The molecule has 0 aliphatic heterocycles. The van der Waals surface area contributed by atoms with Gasteiger partial charge in [-0.2, -0.15) is 5.10 Å². The molecule has 0 radical (unpaired) electrons. The van der Waals surface area contributed by atoms with E-state index in [-0.39, 0.29) is 5.91 Å². The lowest BCUT2D eigenvalue weighted by molar-refractivity contribution is 0.0947. The molecule has 0 saturated carbocycles. The smallest absolute Gasteiger partial charge is 0.272 e. The van der Waals surface area contributed by atoms with Crippen LogP contribution in [0.15, 0.2) is 17.5 Å². The fraction of sp³-hybridized carbons (Fsp3) is 0.429. The predicted molar refractivity (Wildman–Crippen MR) is 75.6 cm³/mol. The molecule has 0 spiro atoms. The van der Waals surface area contributed by atoms with Gasteiger partial charge in [0.2, 0.25) is 0 Å². The second-order valence-electron chi connectivity index (χ2n) is 4.84. The van der Waals surface area contributed by atoms with Crippen molar-refractivity contribution in [2.45, 2.75) is 25.7 Å². The average Bonchev–Trinajstić information content (AvgIpc) is 3.08. The average molecular weight is 275 g/mol. The number of carbonyl (C=O) groups is 1. The van der Waals surface area contributed by atoms with E-state index in [0.29, 0.717) is 12.2 Å². The van der Waals surface area contributed by atoms with Gasteiger partial charge in [-0.25, -0.2) is 0 Å². The highest BCUT2D eigenvalue weighted by Gasteiger charge is 2.24. The van der Waals surface area contributed by atoms with E-state index in [1.807, 2.05) is 17.8 Å². The first-order valence-electron chi connectivity index (χ1n) is 6.61. The normalized spacial score (nSPS) is 13.5. The molecule has 1 N–H and O–H groups in total. The highest BCUT2D eigenvalue weighted by atomic mass is 32.1. The van der Waals surface area contributed by atoms with Crippen LogP contribution in [0.5, 0.6) is 0 Å². The highest BCUT2D eigenvalue weighted by molar-refractivity contribution is 7.09. The molecule has 0 unspecified atom stereocenters. The van der Waals surface area contributed by atoms with Gasteiger partial charge in [-0.15, -0.1) is 11.3 Å². The van der Waals surface area contributed by atoms with Crippen LogP contribution in [0.25, 0.3) is 0 Å². The maximum absolute atomic E-state index is 12.2. The molecule has 0 saturated heterocycles. The number of fused-ring (bicyclic) bond motifs is 1. The Kier molecular flexibility index (Phi) is 3.38. The van der Waals surface area contributed by atoms with Crippen LogP contribution < -0.4 is 5.32 Å². The summed E-state index contributed by atoms with van der Waals surface area (Å²) in [5.74, 6) is -0.0321. The zero-order valence-corrected chi connectivity index (χ0v) is 11.8. The first kappa shape index (κ1) is 12.4. The summed E-state index contributed by atoms with van der Waals surface area (Å²) in [4.78, 5) is 13.5. The van der Waals surface area contributed by atoms with Crippen molar-refractivity contribution in [2.24, 2.45) is 7.05 Å². The zero-order valence-electron chi connectivity index (χ0n) is 11.0. The molecule has 4 nitrogen and oxygen atoms in total. The Morgan fingerprint density at radius 2 is 2.42 bits per heavy atom. The van der Waals surface area contributed by atoms with Gasteiger partial charge >= 0.3 is 0 Å². The van der Waals surface area contributed by atoms with Gasteiger partial charge in [0, 0.05) is 29.7 Å². The van der Waals surface area contributed by atoms with Crippen LogP contribution in [0.1, 0.15) is 33.0 Å². The van der Waals surface area contributed by atoms with Crippen molar-refractivity contribution >= 4 is 17.2 Å². The molecule has 2 heterocycles. The van der Waals surface area contributed by atoms with E-state index in [0.717, 1.165) is 31.2 Å². The van der Waals surface area contributed by atoms with Gasteiger partial charge in [0.15, 0.2) is 5.69 Å². The van der Waals surface area contributed by atoms with E-state index >= 15 is 0 Å². The van der Waals surface area contributed by atoms with Gasteiger partial charge in [-0.3, -0.25) is 9.48 Å². The molecule has 5 heteroatoms. The first-order valence-corrected chi connectivity index (χ1v) is 7.49. The first-order chi connectivity index (χ1) is 9.25. The van der Waals surface area contributed by atoms with Crippen molar-refractivity contribution in [1.29, 1.82) is 0 Å². The number of rotatable bonds is 4. The number of nitrogens with zero attached hydrogens (tertiary/aromatic N) is 2. The molecule has 0 bridgehead atoms. The van der Waals surface area contributed by atoms with Crippen molar-refractivity contribution < 1.29 is 4.79 Å². The Labute approximate surface area is 116 Å². The minimum absolute atomic E-state index is 0.0321. The molecule has 1 aliphatic carbocycles. The maximum atomic E-state index is 12.2. The fourth-order valence-corrected chi connectivity index (χ4v) is 3.34. The summed E-state index contributed by atoms with van der Waals surface area (Å²) >= 11 is 1.72. The van der Waals surface area contributed by atoms with E-state index in [4.69, 9.17) is 0 Å². The lowest BCUT2D eigenvalue weighted by atomic mass is 10.2. The molecule has 0 aromatic carbocycles. The minimum atomic E-state index is -0.0321. The molecular weight excluding hydrogens is 258 g/mol. The Hall–Kier alpha value is -1.62. The molecule has 2 aromatic rings. The van der Waals surface area contributed by atoms with Gasteiger partial charge in [0.25, 0.3) is 5.91 Å². The number of nitrogens with one attached hydrogen (secondary N) is 1. The number of amides is 1. The van der Waals surface area contributed by atoms with Gasteiger partial charge in [-0.05, 0) is 37.1 Å². The van der Waals surface area contributed by atoms with Gasteiger partial charge in [0.05, 0.1) is 0 Å². The van der Waals surface area contributed by atoms with Crippen LogP contribution >= 0.6 is 11.3 Å². The fourth-order valence-electron chi connectivity index (χ4n) is 2.63. The molecule has 1 aliphatic rings. The lowest BCUT2D eigenvalue weighted by Gasteiger charge is -2.03. The van der Waals surface area contributed by atoms with Crippen LogP contribution in [0.4, 0.5) is 0 Å². The Balaban J connectivity index is 1.63. The predicted octanol–water partition coefficient (Wildman–Crippen LogP) is 1.94. The molecular formula is C14H17N3OS. The van der Waals surface area contributed by atoms with Crippen LogP contribution in [-0.4, -0.2) is 22.2 Å². The van der Waals surface area contributed by atoms with Crippen molar-refractivity contribution in [3.63, 3.8) is 0 Å². The second kappa shape index (κ2) is 5.17. The third-order valence-electron chi connectivity index (χ3n) is 3.57. The van der Waals surface area contributed by atoms with E-state index in [1.165, 1.54) is 10.6 Å². The lowest BCUT2D eigenvalue weighted by Crippen LogP contribution is -2.26. The van der Waals surface area contributed by atoms with Gasteiger partial charge < -0.3 is 5.32 Å². The van der Waals surface area contributed by atoms with Gasteiger partial charge in [-0.1, -0.05) is 6.07 Å². The van der Waals surface area contributed by atoms with E-state index in [1.54, 1.807) is 11.3 Å². The summed E-state index contributed by atoms with van der Waals surface area (Å²) in [6.07, 6.45) is 4.05. The SMILES string of the molecule is Cn1nc(C(=O)NCCc2cccs2)c2c1CCC2. The molecule has 1 amide bonds. The zero-order chi connectivity index (χ0) is 13.2. The number of aryl methyl sites for hydroxylation is 1. The Bertz CT molecular complexity index is 586. The largest absolute Gasteiger partial charge is 0.350 e. The third-order valence-corrected chi connectivity index (χ3v) is 4.50. The second-order valence-corrected chi connectivity index (χ2v) is 5.87. The Morgan fingerprint density at radius 1 is 1.53 bits per heavy atom. The number of aromatic nitrogens is 2. The summed E-state index contributed by atoms with van der Waals surface area (Å²) in [5.41, 5.74) is 3.00. The Morgan fingerprint density at radius 3 is 3.21 bits per heavy atom. The molecule has 100 valence electrons. The van der Waals surface area contributed by atoms with Crippen LogP contribution in [0, 0.1) is 0 Å². The minimum Gasteiger partial charge on any atom is -0.350 e. The quantitative estimate of drug-likeness (QED) is 0.927. The van der Waals surface area contributed by atoms with Crippen molar-refractivity contribution in [1.82, 2.24) is 15.1 Å². The van der Waals surface area contributed by atoms with E-state index in [2.05, 4.69) is 21.9 Å². The van der Waals surface area contributed by atoms with Crippen molar-refractivity contribution in [3.05, 3.63) is 39.3 Å². The monoisotopic (exact) mass is 275 g/mol. The molecule has 19 heavy (non-hydrogen) atoms. The molecule has 2 aromatic heterocycles. The summed E-state index contributed by atoms with van der Waals surface area (Å²) < 4.78 is 1.86. The van der Waals surface area contributed by atoms with Gasteiger partial charge in [0.1, 0.15) is 0 Å². The maximum Gasteiger partial charge on any atom is 0.272 e. The molecule has 0 fully saturated rings. The summed E-state index contributed by atoms with van der Waals surface area (Å²) in [6.45, 7) is 0.671. The van der Waals surface area contributed by atoms with E-state index < -0.39 is 0 Å². The van der Waals surface area contributed by atoms with Crippen LogP contribution in [0.2, 0.25) is 0 Å². The summed E-state index contributed by atoms with van der Waals surface area (Å²) in [7, 11) is 1.92. The van der Waals surface area contributed by atoms with Crippen LogP contribution in [0.3, 0.4) is 0 Å². The topological polar surface area (TPSA) is 46.9 Å². The summed E-state index contributed by atoms with van der Waals surface area (Å²) in [5, 5.41) is 9.39. The molecule has 0 atom stereocenters. The standard InChI is InChI=1S/C14H17N3OS/c1-17-12-6-2-5-11(12)13(16-17)14(18)15-8-7-10-4-3-9-19-10/h3-4,9H,2,5-8H2,1H3,(H,15,18).